The third kappa shape index (κ3) is 3.05. The van der Waals surface area contributed by atoms with Gasteiger partial charge in [0, 0.05) is 6.20 Å². The van der Waals surface area contributed by atoms with Gasteiger partial charge in [-0.1, -0.05) is 32.9 Å². The van der Waals surface area contributed by atoms with Gasteiger partial charge in [-0.2, -0.15) is 0 Å². The first-order valence-corrected chi connectivity index (χ1v) is 7.57. The molecule has 0 aliphatic carbocycles. The summed E-state index contributed by atoms with van der Waals surface area (Å²) in [4.78, 5) is 38.2. The normalized spacial score (nSPS) is 11.6. The van der Waals surface area contributed by atoms with Gasteiger partial charge in [0.1, 0.15) is 17.7 Å². The Balaban J connectivity index is 2.11. The number of carbonyl (C=O) groups excluding carboxylic acids is 1. The van der Waals surface area contributed by atoms with Gasteiger partial charge < -0.3 is 4.84 Å². The van der Waals surface area contributed by atoms with Crippen molar-refractivity contribution in [2.45, 2.75) is 27.2 Å². The zero-order chi connectivity index (χ0) is 17.3. The highest BCUT2D eigenvalue weighted by Crippen LogP contribution is 2.19. The van der Waals surface area contributed by atoms with Crippen LogP contribution in [0.25, 0.3) is 16.9 Å². The molecule has 0 saturated heterocycles. The standard InChI is InChI=1S/C17H18N4O3/c1-17(2,3)10-15(22)24-21-13-7-5-4-6-12(13)20(16(21)23)14-8-9-18-11-19-14/h4-9,11H,10H2,1-3H3. The summed E-state index contributed by atoms with van der Waals surface area (Å²) in [6.45, 7) is 5.80. The highest BCUT2D eigenvalue weighted by Gasteiger charge is 2.22. The van der Waals surface area contributed by atoms with E-state index in [0.717, 1.165) is 4.73 Å². The zero-order valence-electron chi connectivity index (χ0n) is 13.8. The average molecular weight is 326 g/mol. The summed E-state index contributed by atoms with van der Waals surface area (Å²) in [6, 6.07) is 8.70. The van der Waals surface area contributed by atoms with Crippen molar-refractivity contribution < 1.29 is 9.63 Å². The van der Waals surface area contributed by atoms with Crippen molar-refractivity contribution in [3.05, 3.63) is 53.3 Å². The van der Waals surface area contributed by atoms with Gasteiger partial charge >= 0.3 is 11.7 Å². The number of benzene rings is 1. The zero-order valence-corrected chi connectivity index (χ0v) is 13.8. The third-order valence-electron chi connectivity index (χ3n) is 3.37. The number of aromatic nitrogens is 4. The van der Waals surface area contributed by atoms with Gasteiger partial charge in [-0.25, -0.2) is 24.1 Å². The van der Waals surface area contributed by atoms with Crippen molar-refractivity contribution in [2.75, 3.05) is 0 Å². The van der Waals surface area contributed by atoms with Crippen LogP contribution in [0, 0.1) is 5.41 Å². The molecule has 0 aliphatic rings. The summed E-state index contributed by atoms with van der Waals surface area (Å²) in [5, 5.41) is 0. The highest BCUT2D eigenvalue weighted by molar-refractivity contribution is 5.79. The maximum Gasteiger partial charge on any atom is 0.368 e. The molecule has 0 saturated carbocycles. The second-order valence-electron chi connectivity index (χ2n) is 6.67. The van der Waals surface area contributed by atoms with Crippen LogP contribution in [0.4, 0.5) is 0 Å². The van der Waals surface area contributed by atoms with Gasteiger partial charge in [-0.3, -0.25) is 0 Å². The van der Waals surface area contributed by atoms with Crippen LogP contribution in [0.1, 0.15) is 27.2 Å². The molecule has 2 aromatic heterocycles. The number of hydrogen-bond acceptors (Lipinski definition) is 5. The molecule has 0 aliphatic heterocycles. The molecule has 7 heteroatoms. The average Bonchev–Trinajstić information content (AvgIpc) is 2.79. The number of para-hydroxylation sites is 2. The third-order valence-corrected chi connectivity index (χ3v) is 3.37. The molecule has 2 heterocycles. The fourth-order valence-electron chi connectivity index (χ4n) is 2.41. The van der Waals surface area contributed by atoms with Crippen molar-refractivity contribution in [1.82, 2.24) is 19.3 Å². The highest BCUT2D eigenvalue weighted by atomic mass is 16.7. The van der Waals surface area contributed by atoms with E-state index >= 15 is 0 Å². The van der Waals surface area contributed by atoms with Crippen LogP contribution in [0.2, 0.25) is 0 Å². The molecular weight excluding hydrogens is 308 g/mol. The Morgan fingerprint density at radius 1 is 1.17 bits per heavy atom. The molecule has 1 aromatic carbocycles. The van der Waals surface area contributed by atoms with E-state index in [1.807, 2.05) is 20.8 Å². The van der Waals surface area contributed by atoms with E-state index in [1.54, 1.807) is 36.5 Å². The molecule has 0 unspecified atom stereocenters. The van der Waals surface area contributed by atoms with E-state index in [2.05, 4.69) is 9.97 Å². The van der Waals surface area contributed by atoms with Gasteiger partial charge in [0.15, 0.2) is 0 Å². The molecule has 7 nitrogen and oxygen atoms in total. The lowest BCUT2D eigenvalue weighted by Gasteiger charge is -2.16. The van der Waals surface area contributed by atoms with Crippen LogP contribution in [-0.4, -0.2) is 25.2 Å². The van der Waals surface area contributed by atoms with E-state index in [9.17, 15) is 9.59 Å². The summed E-state index contributed by atoms with van der Waals surface area (Å²) in [7, 11) is 0. The van der Waals surface area contributed by atoms with Gasteiger partial charge in [0.2, 0.25) is 0 Å². The molecule has 124 valence electrons. The lowest BCUT2D eigenvalue weighted by Crippen LogP contribution is -2.33. The fraction of sp³-hybridized carbons (Fsp3) is 0.294. The molecule has 24 heavy (non-hydrogen) atoms. The minimum absolute atomic E-state index is 0.201. The molecule has 0 N–H and O–H groups in total. The predicted octanol–water partition coefficient (Wildman–Crippen LogP) is 1.97. The molecule has 0 amide bonds. The number of nitrogens with zero attached hydrogens (tertiary/aromatic N) is 4. The Labute approximate surface area is 138 Å². The Morgan fingerprint density at radius 2 is 1.88 bits per heavy atom. The van der Waals surface area contributed by atoms with Crippen LogP contribution in [0.15, 0.2) is 47.7 Å². The number of rotatable bonds is 3. The predicted molar refractivity (Wildman–Crippen MR) is 88.8 cm³/mol. The lowest BCUT2D eigenvalue weighted by molar-refractivity contribution is -0.146. The van der Waals surface area contributed by atoms with E-state index in [-0.39, 0.29) is 11.8 Å². The Bertz CT molecular complexity index is 936. The van der Waals surface area contributed by atoms with Crippen LogP contribution >= 0.6 is 0 Å². The molecule has 0 radical (unpaired) electrons. The van der Waals surface area contributed by atoms with Gasteiger partial charge in [0.25, 0.3) is 0 Å². The molecule has 3 rings (SSSR count). The summed E-state index contributed by atoms with van der Waals surface area (Å²) in [5.41, 5.74) is 0.386. The van der Waals surface area contributed by atoms with Crippen LogP contribution in [-0.2, 0) is 4.79 Å². The maximum absolute atomic E-state index is 12.8. The minimum atomic E-state index is -0.489. The van der Waals surface area contributed by atoms with Crippen molar-refractivity contribution in [3.63, 3.8) is 0 Å². The van der Waals surface area contributed by atoms with Gasteiger partial charge in [0.05, 0.1) is 11.9 Å². The molecule has 0 spiro atoms. The number of carbonyl (C=O) groups is 1. The lowest BCUT2D eigenvalue weighted by atomic mass is 9.93. The van der Waals surface area contributed by atoms with Gasteiger partial charge in [-0.05, 0) is 23.6 Å². The summed E-state index contributed by atoms with van der Waals surface area (Å²) in [5.74, 6) is -0.0491. The monoisotopic (exact) mass is 326 g/mol. The van der Waals surface area contributed by atoms with E-state index in [1.165, 1.54) is 10.9 Å². The van der Waals surface area contributed by atoms with Crippen molar-refractivity contribution in [1.29, 1.82) is 0 Å². The largest absolute Gasteiger partial charge is 0.368 e. The smallest absolute Gasteiger partial charge is 0.332 e. The number of imidazole rings is 1. The number of fused-ring (bicyclic) bond motifs is 1. The second kappa shape index (κ2) is 5.92. The topological polar surface area (TPSA) is 79.0 Å². The number of hydrogen-bond donors (Lipinski definition) is 0. The van der Waals surface area contributed by atoms with E-state index in [0.29, 0.717) is 16.9 Å². The van der Waals surface area contributed by atoms with Crippen molar-refractivity contribution >= 4 is 17.0 Å². The minimum Gasteiger partial charge on any atom is -0.332 e. The van der Waals surface area contributed by atoms with E-state index < -0.39 is 11.7 Å². The van der Waals surface area contributed by atoms with Crippen molar-refractivity contribution in [2.24, 2.45) is 5.41 Å². The quantitative estimate of drug-likeness (QED) is 0.735. The Kier molecular flexibility index (Phi) is 3.92. The van der Waals surface area contributed by atoms with Crippen LogP contribution in [0.3, 0.4) is 0 Å². The molecule has 0 atom stereocenters. The van der Waals surface area contributed by atoms with Crippen LogP contribution in [0.5, 0.6) is 0 Å². The molecule has 0 fully saturated rings. The molecule has 3 aromatic rings. The molecular formula is C17H18N4O3. The SMILES string of the molecule is CC(C)(C)CC(=O)On1c(=O)n(-c2ccncn2)c2ccccc21. The Hall–Kier alpha value is -2.96. The molecule has 0 bridgehead atoms. The maximum atomic E-state index is 12.8. The first kappa shape index (κ1) is 15.9. The van der Waals surface area contributed by atoms with Gasteiger partial charge in [-0.15, -0.1) is 4.73 Å². The Morgan fingerprint density at radius 3 is 2.50 bits per heavy atom. The first-order chi connectivity index (χ1) is 11.4. The summed E-state index contributed by atoms with van der Waals surface area (Å²) in [6.07, 6.45) is 3.11. The van der Waals surface area contributed by atoms with Crippen LogP contribution < -0.4 is 10.5 Å². The van der Waals surface area contributed by atoms with Crippen molar-refractivity contribution in [3.8, 4) is 5.82 Å². The first-order valence-electron chi connectivity index (χ1n) is 7.57. The summed E-state index contributed by atoms with van der Waals surface area (Å²) >= 11 is 0. The summed E-state index contributed by atoms with van der Waals surface area (Å²) < 4.78 is 2.41. The second-order valence-corrected chi connectivity index (χ2v) is 6.67. The van der Waals surface area contributed by atoms with E-state index in [4.69, 9.17) is 4.84 Å². The fourth-order valence-corrected chi connectivity index (χ4v) is 2.41.